The first kappa shape index (κ1) is 16.0. The van der Waals surface area contributed by atoms with Gasteiger partial charge in [0.15, 0.2) is 0 Å². The number of carboxylic acid groups (broad SMARTS) is 1. The number of carboxylic acids is 1. The maximum atomic E-state index is 11.3. The molecule has 0 fully saturated rings. The molecule has 0 aliphatic carbocycles. The van der Waals surface area contributed by atoms with Crippen molar-refractivity contribution in [1.29, 1.82) is 0 Å². The Hall–Kier alpha value is -2.05. The van der Waals surface area contributed by atoms with Crippen molar-refractivity contribution >= 4 is 17.9 Å². The van der Waals surface area contributed by atoms with E-state index in [1.807, 2.05) is 0 Å². The Morgan fingerprint density at radius 1 is 1.11 bits per heavy atom. The Kier molecular flexibility index (Phi) is 7.18. The summed E-state index contributed by atoms with van der Waals surface area (Å²) in [5.41, 5.74) is 0.187. The first-order valence-corrected chi connectivity index (χ1v) is 5.25. The predicted molar refractivity (Wildman–Crippen MR) is 61.6 cm³/mol. The normalized spacial score (nSPS) is 9.44. The minimum absolute atomic E-state index is 0.0928. The van der Waals surface area contributed by atoms with Crippen LogP contribution in [0.15, 0.2) is 12.3 Å². The van der Waals surface area contributed by atoms with Crippen molar-refractivity contribution in [2.75, 3.05) is 27.3 Å². The van der Waals surface area contributed by atoms with Gasteiger partial charge in [-0.1, -0.05) is 6.58 Å². The Morgan fingerprint density at radius 3 is 2.17 bits per heavy atom. The molecule has 0 heterocycles. The largest absolute Gasteiger partial charge is 0.481 e. The average Bonchev–Trinajstić information content (AvgIpc) is 2.30. The molecule has 7 heteroatoms. The predicted octanol–water partition coefficient (Wildman–Crippen LogP) is 0.0129. The number of carbonyl (C=O) groups excluding carboxylic acids is 2. The van der Waals surface area contributed by atoms with E-state index in [-0.39, 0.29) is 31.8 Å². The zero-order valence-corrected chi connectivity index (χ0v) is 10.5. The molecule has 7 nitrogen and oxygen atoms in total. The molecular formula is C11H17NO6. The fraction of sp³-hybridized carbons (Fsp3) is 0.545. The van der Waals surface area contributed by atoms with Gasteiger partial charge in [0.05, 0.1) is 12.8 Å². The molecule has 0 amide bonds. The van der Waals surface area contributed by atoms with Crippen molar-refractivity contribution in [2.45, 2.75) is 12.8 Å². The molecule has 0 rings (SSSR count). The van der Waals surface area contributed by atoms with Crippen molar-refractivity contribution in [3.63, 3.8) is 0 Å². The van der Waals surface area contributed by atoms with Crippen LogP contribution in [0.4, 0.5) is 0 Å². The lowest BCUT2D eigenvalue weighted by atomic mass is 10.3. The van der Waals surface area contributed by atoms with Gasteiger partial charge in [0.1, 0.15) is 18.9 Å². The van der Waals surface area contributed by atoms with E-state index in [0.717, 1.165) is 0 Å². The fourth-order valence-electron chi connectivity index (χ4n) is 0.837. The summed E-state index contributed by atoms with van der Waals surface area (Å²) in [5, 5.41) is 8.33. The van der Waals surface area contributed by atoms with Crippen LogP contribution in [0.2, 0.25) is 0 Å². The molecule has 102 valence electrons. The Labute approximate surface area is 105 Å². The molecule has 0 radical (unpaired) electrons. The molecule has 0 aromatic heterocycles. The van der Waals surface area contributed by atoms with Gasteiger partial charge in [0.25, 0.3) is 0 Å². The molecule has 0 saturated carbocycles. The van der Waals surface area contributed by atoms with Crippen LogP contribution in [0.1, 0.15) is 12.8 Å². The van der Waals surface area contributed by atoms with E-state index in [1.165, 1.54) is 4.90 Å². The number of carbonyl (C=O) groups is 3. The summed E-state index contributed by atoms with van der Waals surface area (Å²) in [7, 11) is 3.30. The molecular weight excluding hydrogens is 242 g/mol. The number of hydrogen-bond donors (Lipinski definition) is 1. The van der Waals surface area contributed by atoms with E-state index in [0.29, 0.717) is 0 Å². The lowest BCUT2D eigenvalue weighted by Gasteiger charge is -2.14. The molecule has 0 aliphatic heterocycles. The number of hydrogen-bond acceptors (Lipinski definition) is 6. The fourth-order valence-corrected chi connectivity index (χ4v) is 0.837. The molecule has 18 heavy (non-hydrogen) atoms. The smallest absolute Gasteiger partial charge is 0.354 e. The highest BCUT2D eigenvalue weighted by atomic mass is 16.6. The van der Waals surface area contributed by atoms with Crippen LogP contribution in [-0.2, 0) is 23.9 Å². The average molecular weight is 259 g/mol. The van der Waals surface area contributed by atoms with Gasteiger partial charge in [-0.25, -0.2) is 4.79 Å². The van der Waals surface area contributed by atoms with Crippen LogP contribution in [0, 0.1) is 0 Å². The molecule has 0 aromatic rings. The number of rotatable bonds is 8. The SMILES string of the molecule is C=C(C(=O)OCCOC(=O)CCC(=O)O)N(C)C. The highest BCUT2D eigenvalue weighted by molar-refractivity contribution is 5.86. The Balaban J connectivity index is 3.68. The third-order valence-electron chi connectivity index (χ3n) is 1.90. The van der Waals surface area contributed by atoms with E-state index < -0.39 is 17.9 Å². The second-order valence-corrected chi connectivity index (χ2v) is 3.59. The summed E-state index contributed by atoms with van der Waals surface area (Å²) >= 11 is 0. The van der Waals surface area contributed by atoms with Gasteiger partial charge in [-0.2, -0.15) is 0 Å². The summed E-state index contributed by atoms with van der Waals surface area (Å²) in [4.78, 5) is 33.9. The van der Waals surface area contributed by atoms with E-state index >= 15 is 0 Å². The molecule has 0 saturated heterocycles. The maximum absolute atomic E-state index is 11.3. The van der Waals surface area contributed by atoms with Crippen LogP contribution in [-0.4, -0.2) is 55.2 Å². The van der Waals surface area contributed by atoms with Crippen LogP contribution in [0.5, 0.6) is 0 Å². The van der Waals surface area contributed by atoms with Crippen molar-refractivity contribution in [3.05, 3.63) is 12.3 Å². The van der Waals surface area contributed by atoms with Gasteiger partial charge >= 0.3 is 17.9 Å². The molecule has 0 aliphatic rings. The van der Waals surface area contributed by atoms with Gasteiger partial charge in [0.2, 0.25) is 0 Å². The van der Waals surface area contributed by atoms with Crippen LogP contribution >= 0.6 is 0 Å². The van der Waals surface area contributed by atoms with Gasteiger partial charge in [0, 0.05) is 14.1 Å². The molecule has 0 aromatic carbocycles. The zero-order chi connectivity index (χ0) is 14.1. The molecule has 0 atom stereocenters. The first-order valence-electron chi connectivity index (χ1n) is 5.25. The Morgan fingerprint density at radius 2 is 1.67 bits per heavy atom. The Bertz CT molecular complexity index is 336. The lowest BCUT2D eigenvalue weighted by molar-refractivity contribution is -0.152. The van der Waals surface area contributed by atoms with E-state index in [1.54, 1.807) is 14.1 Å². The number of esters is 2. The molecule has 0 bridgehead atoms. The molecule has 0 unspecified atom stereocenters. The quantitative estimate of drug-likeness (QED) is 0.373. The minimum Gasteiger partial charge on any atom is -0.481 e. The topological polar surface area (TPSA) is 93.1 Å². The number of nitrogens with zero attached hydrogens (tertiary/aromatic N) is 1. The van der Waals surface area contributed by atoms with Crippen molar-refractivity contribution in [3.8, 4) is 0 Å². The van der Waals surface area contributed by atoms with Crippen LogP contribution < -0.4 is 0 Å². The van der Waals surface area contributed by atoms with Crippen molar-refractivity contribution in [2.24, 2.45) is 0 Å². The van der Waals surface area contributed by atoms with Crippen LogP contribution in [0.25, 0.3) is 0 Å². The third kappa shape index (κ3) is 7.26. The summed E-state index contributed by atoms with van der Waals surface area (Å²) in [6.07, 6.45) is -0.482. The summed E-state index contributed by atoms with van der Waals surface area (Å²) in [6.45, 7) is 3.30. The molecule has 0 spiro atoms. The van der Waals surface area contributed by atoms with E-state index in [4.69, 9.17) is 9.84 Å². The van der Waals surface area contributed by atoms with E-state index in [9.17, 15) is 14.4 Å². The van der Waals surface area contributed by atoms with Gasteiger partial charge < -0.3 is 19.5 Å². The third-order valence-corrected chi connectivity index (χ3v) is 1.90. The highest BCUT2D eigenvalue weighted by Gasteiger charge is 2.11. The van der Waals surface area contributed by atoms with Gasteiger partial charge in [-0.15, -0.1) is 0 Å². The van der Waals surface area contributed by atoms with E-state index in [2.05, 4.69) is 11.3 Å². The monoisotopic (exact) mass is 259 g/mol. The summed E-state index contributed by atoms with van der Waals surface area (Å²) in [5.74, 6) is -2.30. The standard InChI is InChI=1S/C11H17NO6/c1-8(12(2)3)11(16)18-7-6-17-10(15)5-4-9(13)14/h1,4-7H2,2-3H3,(H,13,14). The van der Waals surface area contributed by atoms with Gasteiger partial charge in [-0.3, -0.25) is 9.59 Å². The minimum atomic E-state index is -1.07. The number of ether oxygens (including phenoxy) is 2. The summed E-state index contributed by atoms with van der Waals surface area (Å²) < 4.78 is 9.43. The zero-order valence-electron chi connectivity index (χ0n) is 10.5. The van der Waals surface area contributed by atoms with Gasteiger partial charge in [-0.05, 0) is 0 Å². The first-order chi connectivity index (χ1) is 8.34. The second kappa shape index (κ2) is 8.10. The lowest BCUT2D eigenvalue weighted by Crippen LogP contribution is -2.22. The summed E-state index contributed by atoms with van der Waals surface area (Å²) in [6, 6.07) is 0. The molecule has 1 N–H and O–H groups in total. The maximum Gasteiger partial charge on any atom is 0.354 e. The van der Waals surface area contributed by atoms with Crippen molar-refractivity contribution in [1.82, 2.24) is 4.90 Å². The number of aliphatic carboxylic acids is 1. The van der Waals surface area contributed by atoms with Crippen LogP contribution in [0.3, 0.4) is 0 Å². The highest BCUT2D eigenvalue weighted by Crippen LogP contribution is 1.98. The number of likely N-dealkylation sites (N-methyl/N-ethyl adjacent to an activating group) is 1. The second-order valence-electron chi connectivity index (χ2n) is 3.59. The van der Waals surface area contributed by atoms with Crippen molar-refractivity contribution < 1.29 is 29.0 Å².